The van der Waals surface area contributed by atoms with Crippen molar-refractivity contribution in [2.75, 3.05) is 24.2 Å². The molecular weight excluding hydrogens is 302 g/mol. The number of thiazole rings is 1. The number of nitrogens with one attached hydrogen (secondary N) is 2. The van der Waals surface area contributed by atoms with E-state index < -0.39 is 11.8 Å². The zero-order valence-electron chi connectivity index (χ0n) is 12.0. The van der Waals surface area contributed by atoms with Gasteiger partial charge in [0.25, 0.3) is 0 Å². The molecule has 3 heterocycles. The highest BCUT2D eigenvalue weighted by atomic mass is 32.1. The predicted molar refractivity (Wildman–Crippen MR) is 83.6 cm³/mol. The number of hydrogen-bond acceptors (Lipinski definition) is 6. The topological polar surface area (TPSA) is 87.2 Å². The van der Waals surface area contributed by atoms with Gasteiger partial charge in [-0.3, -0.25) is 14.9 Å². The van der Waals surface area contributed by atoms with Crippen LogP contribution >= 0.6 is 11.3 Å². The molecule has 0 fully saturated rings. The van der Waals surface area contributed by atoms with Crippen molar-refractivity contribution in [1.82, 2.24) is 14.9 Å². The second-order valence-electron chi connectivity index (χ2n) is 5.00. The second-order valence-corrected chi connectivity index (χ2v) is 6.08. The Morgan fingerprint density at radius 2 is 2.09 bits per heavy atom. The summed E-state index contributed by atoms with van der Waals surface area (Å²) in [5, 5.41) is 5.44. The Balaban J connectivity index is 1.63. The number of carbonyl (C=O) groups excluding carboxylic acids is 2. The van der Waals surface area contributed by atoms with Gasteiger partial charge in [0.15, 0.2) is 5.13 Å². The second kappa shape index (κ2) is 6.20. The zero-order chi connectivity index (χ0) is 15.5. The van der Waals surface area contributed by atoms with E-state index in [1.165, 1.54) is 11.3 Å². The number of rotatable bonds is 2. The number of fused-ring (bicyclic) bond motifs is 1. The van der Waals surface area contributed by atoms with Gasteiger partial charge in [0, 0.05) is 30.6 Å². The van der Waals surface area contributed by atoms with Gasteiger partial charge in [0.05, 0.1) is 5.69 Å². The normalized spacial score (nSPS) is 14.2. The first-order valence-corrected chi connectivity index (χ1v) is 7.64. The highest BCUT2D eigenvalue weighted by molar-refractivity contribution is 7.16. The Labute approximate surface area is 131 Å². The quantitative estimate of drug-likeness (QED) is 0.810. The van der Waals surface area contributed by atoms with E-state index in [-0.39, 0.29) is 0 Å². The van der Waals surface area contributed by atoms with Gasteiger partial charge in [0.1, 0.15) is 5.82 Å². The van der Waals surface area contributed by atoms with Gasteiger partial charge in [-0.1, -0.05) is 6.07 Å². The molecule has 2 aromatic heterocycles. The molecule has 22 heavy (non-hydrogen) atoms. The molecular formula is C14H15N5O2S. The molecule has 3 rings (SSSR count). The number of anilines is 2. The third-order valence-corrected chi connectivity index (χ3v) is 4.25. The van der Waals surface area contributed by atoms with E-state index in [9.17, 15) is 9.59 Å². The zero-order valence-corrected chi connectivity index (χ0v) is 12.8. The minimum Gasteiger partial charge on any atom is -0.302 e. The molecule has 1 aliphatic rings. The summed E-state index contributed by atoms with van der Waals surface area (Å²) in [4.78, 5) is 35.4. The lowest BCUT2D eigenvalue weighted by Gasteiger charge is -2.20. The minimum atomic E-state index is -0.760. The van der Waals surface area contributed by atoms with Crippen molar-refractivity contribution in [3.8, 4) is 0 Å². The van der Waals surface area contributed by atoms with E-state index in [4.69, 9.17) is 0 Å². The molecule has 0 spiro atoms. The molecule has 7 nitrogen and oxygen atoms in total. The summed E-state index contributed by atoms with van der Waals surface area (Å²) in [6, 6.07) is 5.07. The summed E-state index contributed by atoms with van der Waals surface area (Å²) >= 11 is 1.41. The molecule has 0 aliphatic carbocycles. The summed E-state index contributed by atoms with van der Waals surface area (Å²) in [7, 11) is 2.04. The fourth-order valence-corrected chi connectivity index (χ4v) is 3.22. The predicted octanol–water partition coefficient (Wildman–Crippen LogP) is 1.10. The van der Waals surface area contributed by atoms with Crippen molar-refractivity contribution in [2.45, 2.75) is 13.0 Å². The van der Waals surface area contributed by atoms with Crippen molar-refractivity contribution in [2.24, 2.45) is 0 Å². The number of aromatic nitrogens is 2. The number of likely N-dealkylation sites (N-methyl/N-ethyl adjacent to an activating group) is 1. The number of amides is 2. The van der Waals surface area contributed by atoms with E-state index >= 15 is 0 Å². The van der Waals surface area contributed by atoms with Crippen LogP contribution < -0.4 is 10.6 Å². The van der Waals surface area contributed by atoms with Crippen molar-refractivity contribution in [3.63, 3.8) is 0 Å². The molecule has 0 unspecified atom stereocenters. The molecule has 0 saturated heterocycles. The van der Waals surface area contributed by atoms with Crippen LogP contribution in [0.15, 0.2) is 24.4 Å². The number of pyridine rings is 1. The Kier molecular flexibility index (Phi) is 4.12. The molecule has 0 atom stereocenters. The van der Waals surface area contributed by atoms with Crippen LogP contribution in [0.2, 0.25) is 0 Å². The fourth-order valence-electron chi connectivity index (χ4n) is 2.14. The van der Waals surface area contributed by atoms with Crippen LogP contribution in [0, 0.1) is 0 Å². The Bertz CT molecular complexity index is 701. The van der Waals surface area contributed by atoms with E-state index in [1.54, 1.807) is 24.4 Å². The maximum atomic E-state index is 11.9. The number of carbonyl (C=O) groups is 2. The first-order valence-electron chi connectivity index (χ1n) is 6.82. The molecule has 0 bridgehead atoms. The lowest BCUT2D eigenvalue weighted by atomic mass is 10.2. The van der Waals surface area contributed by atoms with Crippen LogP contribution in [0.5, 0.6) is 0 Å². The van der Waals surface area contributed by atoms with Gasteiger partial charge in [-0.15, -0.1) is 11.3 Å². The van der Waals surface area contributed by atoms with E-state index in [2.05, 4.69) is 25.5 Å². The Morgan fingerprint density at radius 1 is 1.27 bits per heavy atom. The van der Waals surface area contributed by atoms with Gasteiger partial charge in [-0.2, -0.15) is 0 Å². The largest absolute Gasteiger partial charge is 0.315 e. The third-order valence-electron chi connectivity index (χ3n) is 3.26. The van der Waals surface area contributed by atoms with E-state index in [0.717, 1.165) is 30.1 Å². The molecule has 0 aromatic carbocycles. The smallest absolute Gasteiger partial charge is 0.302 e. The van der Waals surface area contributed by atoms with Crippen LogP contribution in [-0.2, 0) is 22.6 Å². The lowest BCUT2D eigenvalue weighted by Crippen LogP contribution is -2.29. The molecule has 2 N–H and O–H groups in total. The molecule has 114 valence electrons. The van der Waals surface area contributed by atoms with Gasteiger partial charge >= 0.3 is 11.8 Å². The van der Waals surface area contributed by atoms with Crippen LogP contribution in [0.3, 0.4) is 0 Å². The van der Waals surface area contributed by atoms with Crippen LogP contribution in [0.4, 0.5) is 10.9 Å². The number of nitrogens with zero attached hydrogens (tertiary/aromatic N) is 3. The third kappa shape index (κ3) is 3.29. The van der Waals surface area contributed by atoms with Gasteiger partial charge in [-0.05, 0) is 19.2 Å². The van der Waals surface area contributed by atoms with Gasteiger partial charge < -0.3 is 10.2 Å². The molecule has 0 radical (unpaired) electrons. The Hall–Kier alpha value is -2.32. The maximum absolute atomic E-state index is 11.9. The average Bonchev–Trinajstić information content (AvgIpc) is 2.89. The van der Waals surface area contributed by atoms with Crippen LogP contribution in [-0.4, -0.2) is 40.3 Å². The summed E-state index contributed by atoms with van der Waals surface area (Å²) < 4.78 is 0. The Morgan fingerprint density at radius 3 is 2.86 bits per heavy atom. The molecule has 0 saturated carbocycles. The van der Waals surface area contributed by atoms with Crippen molar-refractivity contribution in [3.05, 3.63) is 35.0 Å². The molecule has 2 aromatic rings. The monoisotopic (exact) mass is 317 g/mol. The summed E-state index contributed by atoms with van der Waals surface area (Å²) in [5.41, 5.74) is 1.00. The lowest BCUT2D eigenvalue weighted by molar-refractivity contribution is -0.133. The van der Waals surface area contributed by atoms with E-state index in [1.807, 2.05) is 7.05 Å². The first-order chi connectivity index (χ1) is 10.6. The summed E-state index contributed by atoms with van der Waals surface area (Å²) in [6.45, 7) is 1.77. The minimum absolute atomic E-state index is 0.336. The first kappa shape index (κ1) is 14.6. The van der Waals surface area contributed by atoms with Crippen molar-refractivity contribution in [1.29, 1.82) is 0 Å². The van der Waals surface area contributed by atoms with Crippen LogP contribution in [0.1, 0.15) is 10.6 Å². The summed E-state index contributed by atoms with van der Waals surface area (Å²) in [6.07, 6.45) is 2.40. The van der Waals surface area contributed by atoms with Crippen LogP contribution in [0.25, 0.3) is 0 Å². The molecule has 1 aliphatic heterocycles. The van der Waals surface area contributed by atoms with Crippen molar-refractivity contribution >= 4 is 34.1 Å². The standard InChI is InChI=1S/C14H15N5O2S/c1-19-7-5-9-10(8-19)22-14(16-9)18-13(21)12(20)17-11-4-2-3-6-15-11/h2-4,6H,5,7-8H2,1H3,(H,15,17,20)(H,16,18,21). The molecule has 8 heteroatoms. The van der Waals surface area contributed by atoms with E-state index in [0.29, 0.717) is 10.9 Å². The maximum Gasteiger partial charge on any atom is 0.315 e. The number of hydrogen-bond donors (Lipinski definition) is 2. The average molecular weight is 317 g/mol. The summed E-state index contributed by atoms with van der Waals surface area (Å²) in [5.74, 6) is -1.17. The van der Waals surface area contributed by atoms with Gasteiger partial charge in [-0.25, -0.2) is 9.97 Å². The SMILES string of the molecule is CN1CCc2nc(NC(=O)C(=O)Nc3ccccn3)sc2C1. The van der Waals surface area contributed by atoms with Crippen molar-refractivity contribution < 1.29 is 9.59 Å². The van der Waals surface area contributed by atoms with Gasteiger partial charge in [0.2, 0.25) is 0 Å². The highest BCUT2D eigenvalue weighted by Gasteiger charge is 2.21. The molecule has 2 amide bonds. The fraction of sp³-hybridized carbons (Fsp3) is 0.286. The highest BCUT2D eigenvalue weighted by Crippen LogP contribution is 2.27.